The standard InChI is InChI=1S/C25H19IN2O2S/c26-18-5-1-3-16(11-18)12-19-15-31-25(28-19)17-4-2-6-20(13-17)30-24-8-7-23-21(9-10-27-23)22(24)14-29/h1-11,13,15,27,29H,12,14H2. The molecular weight excluding hydrogens is 519 g/mol. The number of rotatable bonds is 6. The average molecular weight is 538 g/mol. The molecule has 0 amide bonds. The van der Waals surface area contributed by atoms with Gasteiger partial charge in [-0.15, -0.1) is 11.3 Å². The van der Waals surface area contributed by atoms with E-state index in [9.17, 15) is 5.11 Å². The molecule has 0 spiro atoms. The second-order valence-corrected chi connectivity index (χ2v) is 9.32. The molecule has 0 fully saturated rings. The van der Waals surface area contributed by atoms with E-state index >= 15 is 0 Å². The molecule has 2 heterocycles. The monoisotopic (exact) mass is 538 g/mol. The summed E-state index contributed by atoms with van der Waals surface area (Å²) in [7, 11) is 0. The number of nitrogens with one attached hydrogen (secondary N) is 1. The van der Waals surface area contributed by atoms with Crippen LogP contribution in [-0.4, -0.2) is 15.1 Å². The second kappa shape index (κ2) is 8.82. The molecule has 154 valence electrons. The lowest BCUT2D eigenvalue weighted by Crippen LogP contribution is -1.93. The van der Waals surface area contributed by atoms with Gasteiger partial charge in [0.2, 0.25) is 0 Å². The maximum atomic E-state index is 9.88. The number of thiazole rings is 1. The van der Waals surface area contributed by atoms with E-state index in [4.69, 9.17) is 9.72 Å². The molecule has 4 nitrogen and oxygen atoms in total. The molecule has 3 aromatic carbocycles. The largest absolute Gasteiger partial charge is 0.457 e. The number of aromatic nitrogens is 2. The maximum absolute atomic E-state index is 9.88. The summed E-state index contributed by atoms with van der Waals surface area (Å²) in [5, 5.41) is 13.9. The van der Waals surface area contributed by atoms with Crippen molar-refractivity contribution in [3.8, 4) is 22.1 Å². The molecule has 5 rings (SSSR count). The van der Waals surface area contributed by atoms with Crippen molar-refractivity contribution in [1.29, 1.82) is 0 Å². The number of hydrogen-bond donors (Lipinski definition) is 2. The molecule has 0 radical (unpaired) electrons. The molecule has 0 bridgehead atoms. The summed E-state index contributed by atoms with van der Waals surface area (Å²) < 4.78 is 7.39. The highest BCUT2D eigenvalue weighted by Gasteiger charge is 2.12. The number of aliphatic hydroxyl groups is 1. The number of benzene rings is 3. The number of fused-ring (bicyclic) bond motifs is 1. The predicted octanol–water partition coefficient (Wildman–Crippen LogP) is 6.77. The van der Waals surface area contributed by atoms with Crippen molar-refractivity contribution < 1.29 is 9.84 Å². The molecule has 0 unspecified atom stereocenters. The van der Waals surface area contributed by atoms with Crippen molar-refractivity contribution in [1.82, 2.24) is 9.97 Å². The van der Waals surface area contributed by atoms with Gasteiger partial charge in [0.05, 0.1) is 12.3 Å². The van der Waals surface area contributed by atoms with Crippen LogP contribution in [-0.2, 0) is 13.0 Å². The Balaban J connectivity index is 1.39. The molecule has 0 atom stereocenters. The fourth-order valence-corrected chi connectivity index (χ4v) is 5.06. The maximum Gasteiger partial charge on any atom is 0.133 e. The van der Waals surface area contributed by atoms with Crippen molar-refractivity contribution in [3.05, 3.63) is 98.7 Å². The summed E-state index contributed by atoms with van der Waals surface area (Å²) >= 11 is 3.97. The van der Waals surface area contributed by atoms with Crippen LogP contribution in [0.25, 0.3) is 21.5 Å². The number of H-pyrrole nitrogens is 1. The molecule has 31 heavy (non-hydrogen) atoms. The number of halogens is 1. The Labute approximate surface area is 197 Å². The van der Waals surface area contributed by atoms with Crippen LogP contribution >= 0.6 is 33.9 Å². The number of aromatic amines is 1. The molecule has 2 aromatic heterocycles. The summed E-state index contributed by atoms with van der Waals surface area (Å²) in [6.45, 7) is -0.0848. The lowest BCUT2D eigenvalue weighted by molar-refractivity contribution is 0.278. The Bertz CT molecular complexity index is 1360. The van der Waals surface area contributed by atoms with E-state index in [0.717, 1.165) is 44.9 Å². The zero-order valence-corrected chi connectivity index (χ0v) is 19.5. The van der Waals surface area contributed by atoms with E-state index in [2.05, 4.69) is 57.2 Å². The molecule has 0 aliphatic carbocycles. The predicted molar refractivity (Wildman–Crippen MR) is 134 cm³/mol. The molecule has 5 aromatic rings. The Kier molecular flexibility index (Phi) is 5.76. The van der Waals surface area contributed by atoms with Crippen LogP contribution in [0.15, 0.2) is 78.3 Å². The van der Waals surface area contributed by atoms with Gasteiger partial charge in [-0.1, -0.05) is 24.3 Å². The lowest BCUT2D eigenvalue weighted by Gasteiger charge is -2.11. The summed E-state index contributed by atoms with van der Waals surface area (Å²) in [6, 6.07) is 22.2. The van der Waals surface area contributed by atoms with Crippen molar-refractivity contribution in [2.75, 3.05) is 0 Å². The van der Waals surface area contributed by atoms with Gasteiger partial charge in [-0.25, -0.2) is 4.98 Å². The Hall–Kier alpha value is -2.68. The van der Waals surface area contributed by atoms with Crippen LogP contribution < -0.4 is 4.74 Å². The van der Waals surface area contributed by atoms with E-state index in [0.29, 0.717) is 5.75 Å². The second-order valence-electron chi connectivity index (χ2n) is 7.22. The molecule has 0 aliphatic rings. The highest BCUT2D eigenvalue weighted by molar-refractivity contribution is 14.1. The molecular formula is C25H19IN2O2S. The number of aliphatic hydroxyl groups excluding tert-OH is 1. The number of ether oxygens (including phenoxy) is 1. The molecule has 0 aliphatic heterocycles. The topological polar surface area (TPSA) is 58.1 Å². The quantitative estimate of drug-likeness (QED) is 0.235. The molecule has 2 N–H and O–H groups in total. The van der Waals surface area contributed by atoms with Gasteiger partial charge in [0.25, 0.3) is 0 Å². The van der Waals surface area contributed by atoms with Crippen LogP contribution in [0.5, 0.6) is 11.5 Å². The van der Waals surface area contributed by atoms with Gasteiger partial charge in [0.15, 0.2) is 0 Å². The Morgan fingerprint density at radius 2 is 1.94 bits per heavy atom. The van der Waals surface area contributed by atoms with E-state index in [-0.39, 0.29) is 6.61 Å². The summed E-state index contributed by atoms with van der Waals surface area (Å²) in [6.07, 6.45) is 2.69. The summed E-state index contributed by atoms with van der Waals surface area (Å²) in [5.41, 5.74) is 5.10. The van der Waals surface area contributed by atoms with Crippen molar-refractivity contribution in [2.45, 2.75) is 13.0 Å². The Morgan fingerprint density at radius 3 is 2.81 bits per heavy atom. The van der Waals surface area contributed by atoms with Gasteiger partial charge in [0.1, 0.15) is 16.5 Å². The first-order chi connectivity index (χ1) is 15.2. The third-order valence-corrected chi connectivity index (χ3v) is 6.71. The third kappa shape index (κ3) is 4.37. The summed E-state index contributed by atoms with van der Waals surface area (Å²) in [4.78, 5) is 8.00. The zero-order valence-electron chi connectivity index (χ0n) is 16.5. The number of hydrogen-bond acceptors (Lipinski definition) is 4. The van der Waals surface area contributed by atoms with Crippen LogP contribution in [0.3, 0.4) is 0 Å². The van der Waals surface area contributed by atoms with Crippen LogP contribution in [0.1, 0.15) is 16.8 Å². The minimum Gasteiger partial charge on any atom is -0.457 e. The fourth-order valence-electron chi connectivity index (χ4n) is 3.63. The van der Waals surface area contributed by atoms with Crippen LogP contribution in [0.4, 0.5) is 0 Å². The van der Waals surface area contributed by atoms with Crippen LogP contribution in [0, 0.1) is 3.57 Å². The first kappa shape index (κ1) is 20.2. The van der Waals surface area contributed by atoms with Crippen molar-refractivity contribution in [2.24, 2.45) is 0 Å². The van der Waals surface area contributed by atoms with Gasteiger partial charge < -0.3 is 14.8 Å². The van der Waals surface area contributed by atoms with Gasteiger partial charge >= 0.3 is 0 Å². The minimum absolute atomic E-state index is 0.0848. The smallest absolute Gasteiger partial charge is 0.133 e. The average Bonchev–Trinajstić information content (AvgIpc) is 3.43. The highest BCUT2D eigenvalue weighted by Crippen LogP contribution is 2.34. The van der Waals surface area contributed by atoms with Crippen LogP contribution in [0.2, 0.25) is 0 Å². The van der Waals surface area contributed by atoms with E-state index in [1.807, 2.05) is 48.7 Å². The fraction of sp³-hybridized carbons (Fsp3) is 0.0800. The van der Waals surface area contributed by atoms with Gasteiger partial charge in [-0.3, -0.25) is 0 Å². The highest BCUT2D eigenvalue weighted by atomic mass is 127. The summed E-state index contributed by atoms with van der Waals surface area (Å²) in [5.74, 6) is 1.38. The first-order valence-electron chi connectivity index (χ1n) is 9.86. The third-order valence-electron chi connectivity index (χ3n) is 5.10. The minimum atomic E-state index is -0.0848. The number of nitrogens with zero attached hydrogens (tertiary/aromatic N) is 1. The van der Waals surface area contributed by atoms with Gasteiger partial charge in [0, 0.05) is 43.6 Å². The normalized spacial score (nSPS) is 11.2. The SMILES string of the molecule is OCc1c(Oc2cccc(-c3nc(Cc4cccc(I)c4)cs3)c2)ccc2[nH]ccc12. The lowest BCUT2D eigenvalue weighted by atomic mass is 10.1. The van der Waals surface area contributed by atoms with Crippen molar-refractivity contribution in [3.63, 3.8) is 0 Å². The first-order valence-corrected chi connectivity index (χ1v) is 11.8. The van der Waals surface area contributed by atoms with Crippen molar-refractivity contribution >= 4 is 44.8 Å². The van der Waals surface area contributed by atoms with E-state index in [1.165, 1.54) is 9.13 Å². The molecule has 6 heteroatoms. The zero-order chi connectivity index (χ0) is 21.2. The molecule has 0 saturated carbocycles. The van der Waals surface area contributed by atoms with Gasteiger partial charge in [-0.05, 0) is 70.6 Å². The van der Waals surface area contributed by atoms with Gasteiger partial charge in [-0.2, -0.15) is 0 Å². The molecule has 0 saturated heterocycles. The van der Waals surface area contributed by atoms with E-state index < -0.39 is 0 Å². The van der Waals surface area contributed by atoms with E-state index in [1.54, 1.807) is 11.3 Å². The Morgan fingerprint density at radius 1 is 1.03 bits per heavy atom.